The topological polar surface area (TPSA) is 46.5 Å². The molecule has 0 heterocycles. The van der Waals surface area contributed by atoms with Gasteiger partial charge in [-0.05, 0) is 29.7 Å². The Hall–Kier alpha value is -1.48. The number of aliphatic carboxylic acids is 1. The Labute approximate surface area is 136 Å². The monoisotopic (exact) mass is 322 g/mol. The number of hydrogen-bond acceptors (Lipinski definition) is 2. The molecule has 0 saturated heterocycles. The highest BCUT2D eigenvalue weighted by Crippen LogP contribution is 2.67. The molecule has 2 atom stereocenters. The van der Waals surface area contributed by atoms with Crippen LogP contribution in [0.5, 0.6) is 5.75 Å². The van der Waals surface area contributed by atoms with E-state index in [0.717, 1.165) is 29.7 Å². The number of carboxylic acid groups (broad SMARTS) is 1. The number of hydrogen-bond donors (Lipinski definition) is 1. The zero-order valence-electron chi connectivity index (χ0n) is 13.5. The van der Waals surface area contributed by atoms with Gasteiger partial charge in [0, 0.05) is 11.3 Å². The summed E-state index contributed by atoms with van der Waals surface area (Å²) < 4.78 is 5.18. The van der Waals surface area contributed by atoms with Crippen LogP contribution in [0.25, 0.3) is 5.57 Å². The molecule has 3 nitrogen and oxygen atoms in total. The molecule has 1 N–H and O–H groups in total. The van der Waals surface area contributed by atoms with Gasteiger partial charge in [0.2, 0.25) is 0 Å². The number of carbonyl (C=O) groups is 1. The summed E-state index contributed by atoms with van der Waals surface area (Å²) in [6.45, 7) is 5.93. The molecule has 1 aliphatic rings. The fraction of sp³-hybridized carbons (Fsp3) is 0.500. The van der Waals surface area contributed by atoms with Crippen LogP contribution < -0.4 is 4.74 Å². The number of methoxy groups -OCH3 is 1. The summed E-state index contributed by atoms with van der Waals surface area (Å²) in [6, 6.07) is 7.85. The first-order valence-electron chi connectivity index (χ1n) is 7.56. The third-order valence-electron chi connectivity index (χ3n) is 4.72. The van der Waals surface area contributed by atoms with Crippen LogP contribution in [0.15, 0.2) is 30.3 Å². The molecule has 1 aromatic carbocycles. The molecule has 0 spiro atoms. The molecule has 120 valence electrons. The van der Waals surface area contributed by atoms with E-state index in [1.54, 1.807) is 7.11 Å². The Morgan fingerprint density at radius 1 is 1.36 bits per heavy atom. The summed E-state index contributed by atoms with van der Waals surface area (Å²) in [5, 5.41) is 9.42. The molecule has 0 aromatic heterocycles. The highest BCUT2D eigenvalue weighted by atomic mass is 35.5. The van der Waals surface area contributed by atoms with Gasteiger partial charge in [-0.15, -0.1) is 11.6 Å². The van der Waals surface area contributed by atoms with Crippen LogP contribution in [0.1, 0.15) is 39.2 Å². The fourth-order valence-electron chi connectivity index (χ4n) is 3.08. The van der Waals surface area contributed by atoms with Crippen LogP contribution in [0, 0.1) is 11.3 Å². The maximum atomic E-state index is 11.5. The van der Waals surface area contributed by atoms with Crippen LogP contribution >= 0.6 is 11.6 Å². The summed E-state index contributed by atoms with van der Waals surface area (Å²) in [7, 11) is 1.64. The number of alkyl halides is 1. The van der Waals surface area contributed by atoms with Crippen molar-refractivity contribution in [3.63, 3.8) is 0 Å². The maximum absolute atomic E-state index is 11.5. The van der Waals surface area contributed by atoms with E-state index < -0.39 is 16.3 Å². The molecule has 0 radical (unpaired) electrons. The zero-order valence-corrected chi connectivity index (χ0v) is 14.3. The molecular formula is C18H23ClO3. The van der Waals surface area contributed by atoms with Crippen molar-refractivity contribution in [1.82, 2.24) is 0 Å². The Kier molecular flexibility index (Phi) is 4.57. The molecule has 0 amide bonds. The van der Waals surface area contributed by atoms with Gasteiger partial charge in [0.1, 0.15) is 5.75 Å². The largest absolute Gasteiger partial charge is 0.497 e. The van der Waals surface area contributed by atoms with Crippen molar-refractivity contribution in [1.29, 1.82) is 0 Å². The lowest BCUT2D eigenvalue weighted by molar-refractivity contribution is -0.138. The van der Waals surface area contributed by atoms with Gasteiger partial charge >= 0.3 is 5.97 Å². The first-order chi connectivity index (χ1) is 10.3. The average Bonchev–Trinajstić information content (AvgIpc) is 2.93. The van der Waals surface area contributed by atoms with Crippen molar-refractivity contribution < 1.29 is 14.6 Å². The molecule has 0 bridgehead atoms. The molecule has 2 rings (SSSR count). The molecule has 4 heteroatoms. The summed E-state index contributed by atoms with van der Waals surface area (Å²) in [5.74, 6) is -0.294. The van der Waals surface area contributed by atoms with Gasteiger partial charge in [0.25, 0.3) is 0 Å². The first-order valence-corrected chi connectivity index (χ1v) is 7.94. The van der Waals surface area contributed by atoms with E-state index >= 15 is 0 Å². The van der Waals surface area contributed by atoms with Gasteiger partial charge < -0.3 is 9.84 Å². The van der Waals surface area contributed by atoms with Gasteiger partial charge in [0.15, 0.2) is 4.87 Å². The van der Waals surface area contributed by atoms with E-state index in [4.69, 9.17) is 16.3 Å². The van der Waals surface area contributed by atoms with Crippen molar-refractivity contribution in [3.8, 4) is 5.75 Å². The maximum Gasteiger partial charge on any atom is 0.325 e. The van der Waals surface area contributed by atoms with Crippen molar-refractivity contribution in [2.24, 2.45) is 11.3 Å². The molecule has 1 aromatic rings. The van der Waals surface area contributed by atoms with Gasteiger partial charge in [-0.25, -0.2) is 0 Å². The lowest BCUT2D eigenvalue weighted by Gasteiger charge is -2.09. The number of benzene rings is 1. The molecule has 1 fully saturated rings. The van der Waals surface area contributed by atoms with Gasteiger partial charge in [-0.3, -0.25) is 4.79 Å². The van der Waals surface area contributed by atoms with Gasteiger partial charge in [-0.1, -0.05) is 45.4 Å². The number of rotatable bonds is 6. The average molecular weight is 323 g/mol. The van der Waals surface area contributed by atoms with Crippen LogP contribution in [-0.4, -0.2) is 23.1 Å². The van der Waals surface area contributed by atoms with E-state index in [2.05, 4.69) is 6.92 Å². The zero-order chi connectivity index (χ0) is 16.5. The number of allylic oxidation sites excluding steroid dienone is 2. The van der Waals surface area contributed by atoms with E-state index in [-0.39, 0.29) is 5.92 Å². The van der Waals surface area contributed by atoms with Crippen LogP contribution in [0.3, 0.4) is 0 Å². The SMILES string of the molecule is CCCC(=CC1C(C)(C)C1(Cl)C(=O)O)c1ccc(OC)cc1. The van der Waals surface area contributed by atoms with Gasteiger partial charge in [0.05, 0.1) is 7.11 Å². The second-order valence-corrected chi connectivity index (χ2v) is 6.98. The predicted molar refractivity (Wildman–Crippen MR) is 89.4 cm³/mol. The normalized spacial score (nSPS) is 26.6. The highest BCUT2D eigenvalue weighted by molar-refractivity contribution is 6.37. The highest BCUT2D eigenvalue weighted by Gasteiger charge is 2.74. The molecule has 22 heavy (non-hydrogen) atoms. The Balaban J connectivity index is 2.34. The summed E-state index contributed by atoms with van der Waals surface area (Å²) in [6.07, 6.45) is 3.94. The summed E-state index contributed by atoms with van der Waals surface area (Å²) in [4.78, 5) is 10.3. The molecular weight excluding hydrogens is 300 g/mol. The number of ether oxygens (including phenoxy) is 1. The quantitative estimate of drug-likeness (QED) is 0.779. The van der Waals surface area contributed by atoms with Crippen LogP contribution in [-0.2, 0) is 4.79 Å². The molecule has 2 unspecified atom stereocenters. The van der Waals surface area contributed by atoms with Gasteiger partial charge in [-0.2, -0.15) is 0 Å². The number of carboxylic acids is 1. The lowest BCUT2D eigenvalue weighted by Crippen LogP contribution is -2.21. The van der Waals surface area contributed by atoms with Crippen molar-refractivity contribution in [3.05, 3.63) is 35.9 Å². The molecule has 1 saturated carbocycles. The first kappa shape index (κ1) is 16.9. The second-order valence-electron chi connectivity index (χ2n) is 6.39. The Morgan fingerprint density at radius 2 is 1.95 bits per heavy atom. The standard InChI is InChI=1S/C18H23ClO3/c1-5-6-13(12-7-9-14(22-4)10-8-12)11-15-17(2,3)18(15,19)16(20)21/h7-11,15H,5-6H2,1-4H3,(H,20,21). The number of halogens is 1. The van der Waals surface area contributed by atoms with Crippen molar-refractivity contribution >= 4 is 23.1 Å². The van der Waals surface area contributed by atoms with Crippen molar-refractivity contribution in [2.45, 2.75) is 38.5 Å². The van der Waals surface area contributed by atoms with E-state index in [0.29, 0.717) is 0 Å². The Bertz CT molecular complexity index is 589. The minimum absolute atomic E-state index is 0.164. The summed E-state index contributed by atoms with van der Waals surface area (Å²) >= 11 is 6.35. The molecule has 0 aliphatic heterocycles. The van der Waals surface area contributed by atoms with Crippen molar-refractivity contribution in [2.75, 3.05) is 7.11 Å². The third kappa shape index (κ3) is 2.63. The van der Waals surface area contributed by atoms with E-state index in [1.807, 2.05) is 44.2 Å². The smallest absolute Gasteiger partial charge is 0.325 e. The van der Waals surface area contributed by atoms with Crippen LogP contribution in [0.2, 0.25) is 0 Å². The fourth-order valence-corrected chi connectivity index (χ4v) is 3.48. The third-order valence-corrected chi connectivity index (χ3v) is 5.60. The van der Waals surface area contributed by atoms with E-state index in [9.17, 15) is 9.90 Å². The minimum atomic E-state index is -1.20. The minimum Gasteiger partial charge on any atom is -0.497 e. The lowest BCUT2D eigenvalue weighted by atomic mass is 9.98. The Morgan fingerprint density at radius 3 is 2.36 bits per heavy atom. The second kappa shape index (κ2) is 5.96. The predicted octanol–water partition coefficient (Wildman–Crippen LogP) is 4.60. The van der Waals surface area contributed by atoms with E-state index in [1.165, 1.54) is 0 Å². The molecule has 1 aliphatic carbocycles. The van der Waals surface area contributed by atoms with Crippen LogP contribution in [0.4, 0.5) is 0 Å². The summed E-state index contributed by atoms with van der Waals surface area (Å²) in [5.41, 5.74) is 1.80.